The number of rotatable bonds is 3. The van der Waals surface area contributed by atoms with Gasteiger partial charge < -0.3 is 9.84 Å². The van der Waals surface area contributed by atoms with Gasteiger partial charge in [0, 0.05) is 19.1 Å². The Bertz CT molecular complexity index is 369. The summed E-state index contributed by atoms with van der Waals surface area (Å²) < 4.78 is 6.89. The van der Waals surface area contributed by atoms with E-state index >= 15 is 0 Å². The fraction of sp³-hybridized carbons (Fsp3) is 0.667. The molecule has 0 aliphatic carbocycles. The Morgan fingerprint density at radius 1 is 1.73 bits per heavy atom. The molecule has 0 radical (unpaired) electrons. The lowest BCUT2D eigenvalue weighted by Crippen LogP contribution is -2.13. The van der Waals surface area contributed by atoms with Crippen molar-refractivity contribution in [2.75, 3.05) is 13.2 Å². The highest BCUT2D eigenvalue weighted by Crippen LogP contribution is 2.15. The summed E-state index contributed by atoms with van der Waals surface area (Å²) in [6, 6.07) is 0. The molecule has 6 nitrogen and oxygen atoms in total. The van der Waals surface area contributed by atoms with Gasteiger partial charge in [0.2, 0.25) is 0 Å². The number of aromatic nitrogens is 3. The van der Waals surface area contributed by atoms with Crippen LogP contribution in [-0.4, -0.2) is 39.3 Å². The van der Waals surface area contributed by atoms with Crippen molar-refractivity contribution < 1.29 is 14.6 Å². The van der Waals surface area contributed by atoms with Crippen LogP contribution in [0.4, 0.5) is 0 Å². The van der Waals surface area contributed by atoms with Crippen molar-refractivity contribution in [3.63, 3.8) is 0 Å². The van der Waals surface area contributed by atoms with Crippen LogP contribution in [0, 0.1) is 12.8 Å². The quantitative estimate of drug-likeness (QED) is 0.779. The third kappa shape index (κ3) is 1.99. The highest BCUT2D eigenvalue weighted by Gasteiger charge is 2.20. The first kappa shape index (κ1) is 10.1. The van der Waals surface area contributed by atoms with Crippen LogP contribution in [0.15, 0.2) is 0 Å². The van der Waals surface area contributed by atoms with Crippen molar-refractivity contribution in [2.24, 2.45) is 5.92 Å². The number of carbonyl (C=O) groups is 1. The third-order valence-corrected chi connectivity index (χ3v) is 2.64. The van der Waals surface area contributed by atoms with Crippen LogP contribution in [0.1, 0.15) is 22.6 Å². The summed E-state index contributed by atoms with van der Waals surface area (Å²) in [6.07, 6.45) is 1.00. The number of carboxylic acid groups (broad SMARTS) is 1. The van der Waals surface area contributed by atoms with E-state index in [1.54, 1.807) is 11.6 Å². The molecule has 1 atom stereocenters. The third-order valence-electron chi connectivity index (χ3n) is 2.64. The Balaban J connectivity index is 2.11. The van der Waals surface area contributed by atoms with Gasteiger partial charge in [-0.1, -0.05) is 5.21 Å². The largest absolute Gasteiger partial charge is 0.476 e. The molecular formula is C9H13N3O3. The Kier molecular flexibility index (Phi) is 2.68. The van der Waals surface area contributed by atoms with Crippen LogP contribution >= 0.6 is 0 Å². The van der Waals surface area contributed by atoms with Gasteiger partial charge in [0.15, 0.2) is 5.69 Å². The fourth-order valence-corrected chi connectivity index (χ4v) is 1.70. The molecule has 82 valence electrons. The number of hydrogen-bond donors (Lipinski definition) is 1. The topological polar surface area (TPSA) is 77.2 Å². The second kappa shape index (κ2) is 3.98. The summed E-state index contributed by atoms with van der Waals surface area (Å²) in [4.78, 5) is 10.7. The molecule has 1 saturated heterocycles. The SMILES string of the molecule is Cc1c(C(=O)O)nnn1CC1CCOC1. The lowest BCUT2D eigenvalue weighted by atomic mass is 10.1. The van der Waals surface area contributed by atoms with Gasteiger partial charge in [-0.05, 0) is 13.3 Å². The van der Waals surface area contributed by atoms with Crippen molar-refractivity contribution in [3.05, 3.63) is 11.4 Å². The molecule has 0 amide bonds. The lowest BCUT2D eigenvalue weighted by molar-refractivity contribution is 0.0689. The molecule has 15 heavy (non-hydrogen) atoms. The monoisotopic (exact) mass is 211 g/mol. The maximum absolute atomic E-state index is 10.7. The summed E-state index contributed by atoms with van der Waals surface area (Å²) in [5.41, 5.74) is 0.642. The highest BCUT2D eigenvalue weighted by atomic mass is 16.5. The zero-order chi connectivity index (χ0) is 10.8. The molecule has 0 saturated carbocycles. The molecule has 0 aromatic carbocycles. The molecule has 1 aliphatic heterocycles. The summed E-state index contributed by atoms with van der Waals surface area (Å²) in [6.45, 7) is 3.91. The second-order valence-electron chi connectivity index (χ2n) is 3.74. The van der Waals surface area contributed by atoms with E-state index in [2.05, 4.69) is 10.3 Å². The van der Waals surface area contributed by atoms with Crippen LogP contribution < -0.4 is 0 Å². The van der Waals surface area contributed by atoms with E-state index in [9.17, 15) is 4.79 Å². The number of ether oxygens (including phenoxy) is 1. The molecule has 1 fully saturated rings. The van der Waals surface area contributed by atoms with Gasteiger partial charge in [-0.25, -0.2) is 9.48 Å². The van der Waals surface area contributed by atoms with Crippen LogP contribution in [0.5, 0.6) is 0 Å². The van der Waals surface area contributed by atoms with Crippen molar-refractivity contribution in [1.82, 2.24) is 15.0 Å². The van der Waals surface area contributed by atoms with Gasteiger partial charge in [-0.2, -0.15) is 0 Å². The average Bonchev–Trinajstić information content (AvgIpc) is 2.78. The molecule has 1 aromatic heterocycles. The minimum Gasteiger partial charge on any atom is -0.476 e. The summed E-state index contributed by atoms with van der Waals surface area (Å²) in [5.74, 6) is -0.603. The number of hydrogen-bond acceptors (Lipinski definition) is 4. The standard InChI is InChI=1S/C9H13N3O3/c1-6-8(9(13)14)10-11-12(6)4-7-2-3-15-5-7/h7H,2-5H2,1H3,(H,13,14). The maximum atomic E-state index is 10.7. The molecule has 6 heteroatoms. The van der Waals surface area contributed by atoms with Gasteiger partial charge in [0.1, 0.15) is 0 Å². The van der Waals surface area contributed by atoms with E-state index in [0.29, 0.717) is 18.2 Å². The average molecular weight is 211 g/mol. The molecule has 1 aliphatic rings. The smallest absolute Gasteiger partial charge is 0.358 e. The summed E-state index contributed by atoms with van der Waals surface area (Å²) >= 11 is 0. The highest BCUT2D eigenvalue weighted by molar-refractivity contribution is 5.86. The van der Waals surface area contributed by atoms with Crippen molar-refractivity contribution in [1.29, 1.82) is 0 Å². The van der Waals surface area contributed by atoms with Gasteiger partial charge in [-0.3, -0.25) is 0 Å². The molecule has 0 bridgehead atoms. The predicted octanol–water partition coefficient (Wildman–Crippen LogP) is 0.321. The van der Waals surface area contributed by atoms with E-state index in [1.165, 1.54) is 0 Å². The first-order valence-corrected chi connectivity index (χ1v) is 4.89. The predicted molar refractivity (Wildman–Crippen MR) is 50.6 cm³/mol. The van der Waals surface area contributed by atoms with Gasteiger partial charge in [0.25, 0.3) is 0 Å². The zero-order valence-electron chi connectivity index (χ0n) is 8.51. The van der Waals surface area contributed by atoms with E-state index in [1.807, 2.05) is 0 Å². The number of carboxylic acids is 1. The molecule has 1 unspecified atom stereocenters. The van der Waals surface area contributed by atoms with Crippen LogP contribution in [0.25, 0.3) is 0 Å². The minimum atomic E-state index is -1.03. The van der Waals surface area contributed by atoms with Crippen LogP contribution in [0.3, 0.4) is 0 Å². The molecule has 2 rings (SSSR count). The van der Waals surface area contributed by atoms with E-state index in [-0.39, 0.29) is 5.69 Å². The Hall–Kier alpha value is -1.43. The minimum absolute atomic E-state index is 0.0360. The van der Waals surface area contributed by atoms with Crippen molar-refractivity contribution in [3.8, 4) is 0 Å². The Morgan fingerprint density at radius 3 is 3.07 bits per heavy atom. The first-order valence-electron chi connectivity index (χ1n) is 4.89. The van der Waals surface area contributed by atoms with Gasteiger partial charge >= 0.3 is 5.97 Å². The number of nitrogens with zero attached hydrogens (tertiary/aromatic N) is 3. The van der Waals surface area contributed by atoms with Gasteiger partial charge in [-0.15, -0.1) is 5.10 Å². The van der Waals surface area contributed by atoms with Crippen LogP contribution in [0.2, 0.25) is 0 Å². The molecular weight excluding hydrogens is 198 g/mol. The maximum Gasteiger partial charge on any atom is 0.358 e. The van der Waals surface area contributed by atoms with Crippen molar-refractivity contribution >= 4 is 5.97 Å². The van der Waals surface area contributed by atoms with Crippen molar-refractivity contribution in [2.45, 2.75) is 19.9 Å². The lowest BCUT2D eigenvalue weighted by Gasteiger charge is -2.07. The fourth-order valence-electron chi connectivity index (χ4n) is 1.70. The summed E-state index contributed by atoms with van der Waals surface area (Å²) in [7, 11) is 0. The molecule has 1 aromatic rings. The first-order chi connectivity index (χ1) is 7.18. The molecule has 2 heterocycles. The van der Waals surface area contributed by atoms with Gasteiger partial charge in [0.05, 0.1) is 12.3 Å². The Labute approximate surface area is 86.8 Å². The Morgan fingerprint density at radius 2 is 2.53 bits per heavy atom. The summed E-state index contributed by atoms with van der Waals surface area (Å²) in [5, 5.41) is 16.3. The van der Waals surface area contributed by atoms with E-state index in [0.717, 1.165) is 19.6 Å². The zero-order valence-corrected chi connectivity index (χ0v) is 8.51. The second-order valence-corrected chi connectivity index (χ2v) is 3.74. The van der Waals surface area contributed by atoms with E-state index < -0.39 is 5.97 Å². The normalized spacial score (nSPS) is 20.7. The van der Waals surface area contributed by atoms with E-state index in [4.69, 9.17) is 9.84 Å². The number of aromatic carboxylic acids is 1. The molecule has 1 N–H and O–H groups in total. The van der Waals surface area contributed by atoms with Crippen LogP contribution in [-0.2, 0) is 11.3 Å². The molecule has 0 spiro atoms.